The SMILES string of the molecule is Cc1noc(C)c1-c1ccc2c(c1)nc([C@@H]1CCC(O)N1c1ccc(Cl)c(Cl)c1)n2C1CCN(C)C1. The Bertz CT molecular complexity index is 1430. The first-order chi connectivity index (χ1) is 17.3. The second kappa shape index (κ2) is 9.06. The van der Waals surface area contributed by atoms with Crippen LogP contribution in [0.5, 0.6) is 0 Å². The summed E-state index contributed by atoms with van der Waals surface area (Å²) in [6.45, 7) is 5.91. The van der Waals surface area contributed by atoms with Crippen LogP contribution in [0, 0.1) is 13.8 Å². The molecule has 0 bridgehead atoms. The van der Waals surface area contributed by atoms with Crippen LogP contribution in [0.4, 0.5) is 5.69 Å². The van der Waals surface area contributed by atoms with Gasteiger partial charge in [0.2, 0.25) is 0 Å². The molecule has 9 heteroatoms. The van der Waals surface area contributed by atoms with Crippen LogP contribution >= 0.6 is 23.2 Å². The summed E-state index contributed by atoms with van der Waals surface area (Å²) in [6.07, 6.45) is 1.89. The fraction of sp³-hybridized carbons (Fsp3) is 0.407. The Hall–Kier alpha value is -2.58. The number of aliphatic hydroxyl groups is 1. The molecule has 2 saturated heterocycles. The molecule has 4 aromatic rings. The van der Waals surface area contributed by atoms with E-state index < -0.39 is 6.23 Å². The van der Waals surface area contributed by atoms with Gasteiger partial charge in [-0.2, -0.15) is 0 Å². The van der Waals surface area contributed by atoms with Gasteiger partial charge in [0.05, 0.1) is 32.8 Å². The summed E-state index contributed by atoms with van der Waals surface area (Å²) >= 11 is 12.6. The predicted octanol–water partition coefficient (Wildman–Crippen LogP) is 6.15. The van der Waals surface area contributed by atoms with Gasteiger partial charge in [0.15, 0.2) is 0 Å². The number of fused-ring (bicyclic) bond motifs is 1. The van der Waals surface area contributed by atoms with Gasteiger partial charge in [-0.1, -0.05) is 34.4 Å². The van der Waals surface area contributed by atoms with E-state index in [1.165, 1.54) is 0 Å². The second-order valence-corrected chi connectivity index (χ2v) is 10.8. The van der Waals surface area contributed by atoms with E-state index in [1.807, 2.05) is 30.9 Å². The van der Waals surface area contributed by atoms with Crippen molar-refractivity contribution in [3.05, 3.63) is 63.7 Å². The van der Waals surface area contributed by atoms with E-state index in [1.54, 1.807) is 6.07 Å². The Morgan fingerprint density at radius 1 is 1.03 bits per heavy atom. The minimum atomic E-state index is -0.621. The smallest absolute Gasteiger partial charge is 0.141 e. The van der Waals surface area contributed by atoms with Gasteiger partial charge in [-0.05, 0) is 82.6 Å². The van der Waals surface area contributed by atoms with Crippen molar-refractivity contribution in [2.45, 2.75) is 51.4 Å². The number of hydrogen-bond donors (Lipinski definition) is 1. The molecule has 0 spiro atoms. The third-order valence-electron chi connectivity index (χ3n) is 7.62. The average Bonchev–Trinajstić information content (AvgIpc) is 3.61. The van der Waals surface area contributed by atoms with Crippen molar-refractivity contribution in [3.63, 3.8) is 0 Å². The highest BCUT2D eigenvalue weighted by molar-refractivity contribution is 6.42. The Morgan fingerprint density at radius 2 is 1.86 bits per heavy atom. The minimum absolute atomic E-state index is 0.0851. The first-order valence-electron chi connectivity index (χ1n) is 12.4. The van der Waals surface area contributed by atoms with Gasteiger partial charge >= 0.3 is 0 Å². The van der Waals surface area contributed by atoms with Gasteiger partial charge < -0.3 is 24.0 Å². The number of halogens is 2. The molecule has 1 N–H and O–H groups in total. The molecule has 4 heterocycles. The number of anilines is 1. The molecule has 3 atom stereocenters. The van der Waals surface area contributed by atoms with Crippen LogP contribution in [0.2, 0.25) is 10.0 Å². The van der Waals surface area contributed by atoms with Crippen LogP contribution in [0.25, 0.3) is 22.2 Å². The van der Waals surface area contributed by atoms with Gasteiger partial charge in [0, 0.05) is 23.8 Å². The second-order valence-electron chi connectivity index (χ2n) is 10.0. The highest BCUT2D eigenvalue weighted by atomic mass is 35.5. The van der Waals surface area contributed by atoms with Crippen LogP contribution in [0.15, 0.2) is 40.9 Å². The number of aryl methyl sites for hydroxylation is 2. The molecule has 2 aromatic carbocycles. The van der Waals surface area contributed by atoms with E-state index in [0.717, 1.165) is 71.1 Å². The number of rotatable bonds is 4. The van der Waals surface area contributed by atoms with Crippen molar-refractivity contribution < 1.29 is 9.63 Å². The van der Waals surface area contributed by atoms with Crippen molar-refractivity contribution in [3.8, 4) is 11.1 Å². The lowest BCUT2D eigenvalue weighted by atomic mass is 10.0. The summed E-state index contributed by atoms with van der Waals surface area (Å²) in [5, 5.41) is 16.1. The average molecular weight is 526 g/mol. The summed E-state index contributed by atoms with van der Waals surface area (Å²) in [7, 11) is 2.16. The van der Waals surface area contributed by atoms with Gasteiger partial charge in [-0.25, -0.2) is 4.98 Å². The molecule has 2 unspecified atom stereocenters. The lowest BCUT2D eigenvalue weighted by Crippen LogP contribution is -2.33. The number of nitrogens with zero attached hydrogens (tertiary/aromatic N) is 5. The summed E-state index contributed by atoms with van der Waals surface area (Å²) in [6, 6.07) is 12.2. The standard InChI is InChI=1S/C27H29Cl2N5O2/c1-15-26(16(2)36-31-15)17-4-7-23-22(12-17)30-27(34(23)19-10-11-32(3)14-19)24-8-9-25(35)33(24)18-5-6-20(28)21(29)13-18/h4-7,12-13,19,24-25,35H,8-11,14H2,1-3H3/t19?,24-,25?/m0/s1. The Kier molecular flexibility index (Phi) is 5.99. The molecule has 0 amide bonds. The van der Waals surface area contributed by atoms with Gasteiger partial charge in [-0.3, -0.25) is 0 Å². The van der Waals surface area contributed by atoms with Gasteiger partial charge in [0.25, 0.3) is 0 Å². The predicted molar refractivity (Wildman–Crippen MR) is 143 cm³/mol. The summed E-state index contributed by atoms with van der Waals surface area (Å²) in [5.41, 5.74) is 5.82. The Morgan fingerprint density at radius 3 is 2.56 bits per heavy atom. The molecule has 2 aromatic heterocycles. The maximum atomic E-state index is 11.0. The van der Waals surface area contributed by atoms with Crippen molar-refractivity contribution in [2.75, 3.05) is 25.0 Å². The van der Waals surface area contributed by atoms with Crippen LogP contribution in [0.1, 0.15) is 48.6 Å². The lowest BCUT2D eigenvalue weighted by Gasteiger charge is -2.31. The zero-order valence-electron chi connectivity index (χ0n) is 20.6. The van der Waals surface area contributed by atoms with Crippen molar-refractivity contribution in [2.24, 2.45) is 0 Å². The Balaban J connectivity index is 1.50. The highest BCUT2D eigenvalue weighted by Crippen LogP contribution is 2.43. The van der Waals surface area contributed by atoms with Crippen molar-refractivity contribution in [1.29, 1.82) is 0 Å². The normalized spacial score (nSPS) is 22.8. The maximum Gasteiger partial charge on any atom is 0.141 e. The molecule has 6 rings (SSSR count). The molecular weight excluding hydrogens is 497 g/mol. The first kappa shape index (κ1) is 23.8. The monoisotopic (exact) mass is 525 g/mol. The van der Waals surface area contributed by atoms with Crippen molar-refractivity contribution >= 4 is 39.9 Å². The lowest BCUT2D eigenvalue weighted by molar-refractivity contribution is 0.182. The topological polar surface area (TPSA) is 70.6 Å². The number of hydrogen-bond acceptors (Lipinski definition) is 6. The molecule has 2 fully saturated rings. The summed E-state index contributed by atoms with van der Waals surface area (Å²) < 4.78 is 7.83. The van der Waals surface area contributed by atoms with Crippen LogP contribution in [0.3, 0.4) is 0 Å². The molecule has 0 radical (unpaired) electrons. The summed E-state index contributed by atoms with van der Waals surface area (Å²) in [5.74, 6) is 1.78. The molecule has 7 nitrogen and oxygen atoms in total. The third kappa shape index (κ3) is 3.89. The molecular formula is C27H29Cl2N5O2. The minimum Gasteiger partial charge on any atom is -0.374 e. The fourth-order valence-electron chi connectivity index (χ4n) is 5.95. The molecule has 0 aliphatic carbocycles. The number of aliphatic hydroxyl groups excluding tert-OH is 1. The van der Waals surface area contributed by atoms with Gasteiger partial charge in [0.1, 0.15) is 17.8 Å². The third-order valence-corrected chi connectivity index (χ3v) is 8.36. The van der Waals surface area contributed by atoms with E-state index in [4.69, 9.17) is 32.7 Å². The van der Waals surface area contributed by atoms with E-state index in [0.29, 0.717) is 22.5 Å². The van der Waals surface area contributed by atoms with Gasteiger partial charge in [-0.15, -0.1) is 0 Å². The summed E-state index contributed by atoms with van der Waals surface area (Å²) in [4.78, 5) is 9.62. The number of likely N-dealkylation sites (tertiary alicyclic amines) is 1. The van der Waals surface area contributed by atoms with Crippen LogP contribution in [-0.2, 0) is 0 Å². The number of imidazole rings is 1. The molecule has 36 heavy (non-hydrogen) atoms. The molecule has 2 aliphatic rings. The van der Waals surface area contributed by atoms with Crippen LogP contribution in [-0.4, -0.2) is 51.1 Å². The fourth-order valence-corrected chi connectivity index (χ4v) is 6.25. The zero-order chi connectivity index (χ0) is 25.1. The highest BCUT2D eigenvalue weighted by Gasteiger charge is 2.38. The van der Waals surface area contributed by atoms with Crippen LogP contribution < -0.4 is 4.90 Å². The number of benzene rings is 2. The van der Waals surface area contributed by atoms with E-state index >= 15 is 0 Å². The quantitative estimate of drug-likeness (QED) is 0.344. The number of likely N-dealkylation sites (N-methyl/N-ethyl adjacent to an activating group) is 1. The maximum absolute atomic E-state index is 11.0. The largest absolute Gasteiger partial charge is 0.374 e. The first-order valence-corrected chi connectivity index (χ1v) is 13.1. The molecule has 2 aliphatic heterocycles. The number of aromatic nitrogens is 3. The zero-order valence-corrected chi connectivity index (χ0v) is 22.1. The van der Waals surface area contributed by atoms with E-state index in [9.17, 15) is 5.11 Å². The van der Waals surface area contributed by atoms with Crippen molar-refractivity contribution in [1.82, 2.24) is 19.6 Å². The molecule has 0 saturated carbocycles. The molecule has 188 valence electrons. The van der Waals surface area contributed by atoms with E-state index in [-0.39, 0.29) is 6.04 Å². The Labute approximate surface area is 220 Å². The van der Waals surface area contributed by atoms with E-state index in [2.05, 4.69) is 39.9 Å².